The summed E-state index contributed by atoms with van der Waals surface area (Å²) >= 11 is 0. The van der Waals surface area contributed by atoms with E-state index < -0.39 is 53.3 Å². The summed E-state index contributed by atoms with van der Waals surface area (Å²) in [5.41, 5.74) is -0.140. The third-order valence-electron chi connectivity index (χ3n) is 11.9. The summed E-state index contributed by atoms with van der Waals surface area (Å²) in [4.78, 5) is 48.4. The number of nitrogens with one attached hydrogen (secondary N) is 1. The molecule has 0 bridgehead atoms. The molecule has 3 aromatic carbocycles. The minimum Gasteiger partial charge on any atom is -0.492 e. The van der Waals surface area contributed by atoms with E-state index in [9.17, 15) is 37.2 Å². The van der Waals surface area contributed by atoms with Crippen LogP contribution in [0.1, 0.15) is 76.1 Å². The number of nitriles is 1. The zero-order valence-electron chi connectivity index (χ0n) is 32.4. The number of aromatic nitrogens is 2. The maximum atomic E-state index is 14.7. The lowest BCUT2D eigenvalue weighted by Crippen LogP contribution is -2.55. The van der Waals surface area contributed by atoms with Crippen LogP contribution in [0.3, 0.4) is 0 Å². The molecule has 16 heteroatoms. The normalized spacial score (nSPS) is 21.5. The summed E-state index contributed by atoms with van der Waals surface area (Å²) in [6, 6.07) is 16.1. The minimum absolute atomic E-state index is 0.0429. The van der Waals surface area contributed by atoms with Crippen LogP contribution in [0.25, 0.3) is 5.69 Å². The molecule has 4 aliphatic heterocycles. The van der Waals surface area contributed by atoms with E-state index in [2.05, 4.69) is 16.3 Å². The van der Waals surface area contributed by atoms with Crippen molar-refractivity contribution in [3.05, 3.63) is 107 Å². The molecule has 3 saturated heterocycles. The molecule has 59 heavy (non-hydrogen) atoms. The van der Waals surface area contributed by atoms with Crippen LogP contribution in [-0.4, -0.2) is 102 Å². The molecule has 5 heterocycles. The smallest absolute Gasteiger partial charge is 0.416 e. The van der Waals surface area contributed by atoms with Crippen LogP contribution in [0, 0.1) is 22.6 Å². The number of ether oxygens (including phenoxy) is 2. The highest BCUT2D eigenvalue weighted by Gasteiger charge is 2.48. The molecular weight excluding hydrogens is 771 g/mol. The standard InChI is InChI=1S/C43H43F4N7O5/c1-2-52-39-35(34(27-11-13-30(44)14-12-27)36(40(52)56)49-38(55)28-6-3-7-29(22-28)43(45,46)47)37(41(57)53-17-5-9-32(53)24-48)50-54(39)31-8-4-10-33(23-31)59-21-20-51-18-15-42(16-19-51)25-58-26-42/h3-4,6-8,10-14,22-23,32,34,36H,2,5,9,15-21,25-26H2,1H3,(H,49,55)/t32-,34-,36-/m0/s1. The van der Waals surface area contributed by atoms with E-state index in [4.69, 9.17) is 14.6 Å². The van der Waals surface area contributed by atoms with Gasteiger partial charge in [-0.25, -0.2) is 9.07 Å². The van der Waals surface area contributed by atoms with Crippen LogP contribution in [0.5, 0.6) is 5.75 Å². The van der Waals surface area contributed by atoms with E-state index in [1.807, 2.05) is 0 Å². The van der Waals surface area contributed by atoms with Crippen LogP contribution in [0.15, 0.2) is 72.8 Å². The summed E-state index contributed by atoms with van der Waals surface area (Å²) in [6.45, 7) is 6.74. The summed E-state index contributed by atoms with van der Waals surface area (Å²) in [5.74, 6) is -3.17. The largest absolute Gasteiger partial charge is 0.492 e. The number of carbonyl (C=O) groups excluding carboxylic acids is 3. The maximum absolute atomic E-state index is 14.7. The van der Waals surface area contributed by atoms with Gasteiger partial charge in [0.05, 0.1) is 30.5 Å². The first-order valence-electron chi connectivity index (χ1n) is 19.8. The van der Waals surface area contributed by atoms with Crippen molar-refractivity contribution in [1.82, 2.24) is 24.9 Å². The van der Waals surface area contributed by atoms with Crippen molar-refractivity contribution in [2.75, 3.05) is 57.4 Å². The van der Waals surface area contributed by atoms with Crippen molar-refractivity contribution in [2.24, 2.45) is 5.41 Å². The lowest BCUT2D eigenvalue weighted by Gasteiger charge is -2.47. The highest BCUT2D eigenvalue weighted by atomic mass is 19.4. The number of amides is 3. The van der Waals surface area contributed by atoms with Gasteiger partial charge in [-0.15, -0.1) is 0 Å². The number of hydrogen-bond acceptors (Lipinski definition) is 8. The molecule has 4 aliphatic rings. The van der Waals surface area contributed by atoms with Crippen LogP contribution in [0.2, 0.25) is 0 Å². The number of halogens is 4. The fourth-order valence-electron chi connectivity index (χ4n) is 8.64. The SMILES string of the molecule is CCN1C(=O)[C@@H](NC(=O)c2cccc(C(F)(F)F)c2)[C@@H](c2ccc(F)cc2)c2c(C(=O)N3CCC[C@H]3C#N)nn(-c3cccc(OCCN4CCC5(CC4)COC5)c3)c21. The van der Waals surface area contributed by atoms with E-state index in [0.717, 1.165) is 57.8 Å². The number of hydrogen-bond donors (Lipinski definition) is 1. The van der Waals surface area contributed by atoms with E-state index in [-0.39, 0.29) is 35.7 Å². The molecule has 1 N–H and O–H groups in total. The first-order chi connectivity index (χ1) is 28.4. The molecular formula is C43H43F4N7O5. The Kier molecular flexibility index (Phi) is 10.9. The lowest BCUT2D eigenvalue weighted by atomic mass is 9.77. The van der Waals surface area contributed by atoms with E-state index in [1.54, 1.807) is 31.2 Å². The summed E-state index contributed by atoms with van der Waals surface area (Å²) in [6.07, 6.45) is -1.53. The van der Waals surface area contributed by atoms with Gasteiger partial charge in [0.25, 0.3) is 17.7 Å². The lowest BCUT2D eigenvalue weighted by molar-refractivity contribution is -0.139. The van der Waals surface area contributed by atoms with Gasteiger partial charge >= 0.3 is 6.18 Å². The van der Waals surface area contributed by atoms with Crippen molar-refractivity contribution < 1.29 is 41.4 Å². The number of carbonyl (C=O) groups is 3. The monoisotopic (exact) mass is 813 g/mol. The fraction of sp³-hybridized carbons (Fsp3) is 0.419. The summed E-state index contributed by atoms with van der Waals surface area (Å²) < 4.78 is 68.6. The second kappa shape index (κ2) is 16.1. The average molecular weight is 814 g/mol. The topological polar surface area (TPSA) is 133 Å². The first-order valence-corrected chi connectivity index (χ1v) is 19.8. The summed E-state index contributed by atoms with van der Waals surface area (Å²) in [7, 11) is 0. The van der Waals surface area contributed by atoms with Gasteiger partial charge in [-0.3, -0.25) is 24.2 Å². The highest BCUT2D eigenvalue weighted by molar-refractivity contribution is 6.07. The van der Waals surface area contributed by atoms with Crippen LogP contribution < -0.4 is 15.0 Å². The first kappa shape index (κ1) is 40.0. The number of anilines is 1. The molecule has 3 fully saturated rings. The van der Waals surface area contributed by atoms with Crippen LogP contribution >= 0.6 is 0 Å². The molecule has 308 valence electrons. The predicted molar refractivity (Wildman–Crippen MR) is 207 cm³/mol. The summed E-state index contributed by atoms with van der Waals surface area (Å²) in [5, 5.41) is 17.5. The van der Waals surface area contributed by atoms with Gasteiger partial charge in [-0.2, -0.15) is 23.5 Å². The number of rotatable bonds is 10. The average Bonchev–Trinajstić information content (AvgIpc) is 3.87. The number of nitrogens with zero attached hydrogens (tertiary/aromatic N) is 6. The predicted octanol–water partition coefficient (Wildman–Crippen LogP) is 5.95. The van der Waals surface area contributed by atoms with Gasteiger partial charge < -0.3 is 19.7 Å². The fourth-order valence-corrected chi connectivity index (χ4v) is 8.64. The van der Waals surface area contributed by atoms with Gasteiger partial charge in [0, 0.05) is 48.2 Å². The van der Waals surface area contributed by atoms with E-state index >= 15 is 0 Å². The Morgan fingerprint density at radius 3 is 2.46 bits per heavy atom. The van der Waals surface area contributed by atoms with Gasteiger partial charge in [-0.1, -0.05) is 24.3 Å². The van der Waals surface area contributed by atoms with Gasteiger partial charge in [0.1, 0.15) is 36.1 Å². The van der Waals surface area contributed by atoms with Crippen LogP contribution in [0.4, 0.5) is 23.4 Å². The zero-order chi connectivity index (χ0) is 41.5. The third kappa shape index (κ3) is 7.76. The Bertz CT molecular complexity index is 2280. The number of piperidine rings is 1. The Morgan fingerprint density at radius 2 is 1.78 bits per heavy atom. The van der Waals surface area contributed by atoms with Gasteiger partial charge in [0.2, 0.25) is 0 Å². The Labute approximate surface area is 338 Å². The number of fused-ring (bicyclic) bond motifs is 1. The molecule has 3 amide bonds. The zero-order valence-corrected chi connectivity index (χ0v) is 32.4. The van der Waals surface area contributed by atoms with Crippen molar-refractivity contribution >= 4 is 23.5 Å². The van der Waals surface area contributed by atoms with E-state index in [0.29, 0.717) is 47.9 Å². The third-order valence-corrected chi connectivity index (χ3v) is 11.9. The molecule has 3 atom stereocenters. The molecule has 8 rings (SSSR count). The van der Waals surface area contributed by atoms with E-state index in [1.165, 1.54) is 44.8 Å². The molecule has 4 aromatic rings. The minimum atomic E-state index is -4.73. The Hall–Kier alpha value is -5.79. The molecule has 0 radical (unpaired) electrons. The second-order valence-corrected chi connectivity index (χ2v) is 15.6. The molecule has 12 nitrogen and oxygen atoms in total. The van der Waals surface area contributed by atoms with Crippen LogP contribution in [-0.2, 0) is 15.7 Å². The number of likely N-dealkylation sites (N-methyl/N-ethyl adjacent to an activating group) is 1. The van der Waals surface area contributed by atoms with Gasteiger partial charge in [-0.05, 0) is 93.7 Å². The molecule has 0 aliphatic carbocycles. The van der Waals surface area contributed by atoms with Crippen molar-refractivity contribution in [2.45, 2.75) is 56.8 Å². The number of alkyl halides is 3. The van der Waals surface area contributed by atoms with Crippen molar-refractivity contribution in [3.8, 4) is 17.5 Å². The Morgan fingerprint density at radius 1 is 1.03 bits per heavy atom. The quantitative estimate of drug-likeness (QED) is 0.195. The second-order valence-electron chi connectivity index (χ2n) is 15.6. The highest BCUT2D eigenvalue weighted by Crippen LogP contribution is 2.45. The molecule has 0 unspecified atom stereocenters. The van der Waals surface area contributed by atoms with Crippen molar-refractivity contribution in [3.63, 3.8) is 0 Å². The van der Waals surface area contributed by atoms with Gasteiger partial charge in [0.15, 0.2) is 5.69 Å². The number of likely N-dealkylation sites (tertiary alicyclic amines) is 2. The molecule has 1 aromatic heterocycles. The number of benzene rings is 3. The maximum Gasteiger partial charge on any atom is 0.416 e. The molecule has 0 saturated carbocycles. The molecule has 1 spiro atoms. The Balaban J connectivity index is 1.19. The van der Waals surface area contributed by atoms with Crippen molar-refractivity contribution in [1.29, 1.82) is 5.26 Å².